The van der Waals surface area contributed by atoms with Crippen LogP contribution in [-0.4, -0.2) is 26.1 Å². The molecule has 0 bridgehead atoms. The standard InChI is InChI=1S/C15H22O3/c1-3-16-15(17-4-2)13-10-11-18-14(13)12-8-6-5-7-9-12/h5-9,13-15H,3-4,10-11H2,1-2H3/t13-,14+/m0/s1. The van der Waals surface area contributed by atoms with Crippen molar-refractivity contribution < 1.29 is 14.2 Å². The summed E-state index contributed by atoms with van der Waals surface area (Å²) in [4.78, 5) is 0. The maximum Gasteiger partial charge on any atom is 0.163 e. The zero-order valence-electron chi connectivity index (χ0n) is 11.2. The molecule has 1 fully saturated rings. The topological polar surface area (TPSA) is 27.7 Å². The molecule has 1 aromatic carbocycles. The predicted molar refractivity (Wildman–Crippen MR) is 70.3 cm³/mol. The van der Waals surface area contributed by atoms with Crippen molar-refractivity contribution in [2.75, 3.05) is 19.8 Å². The van der Waals surface area contributed by atoms with Crippen molar-refractivity contribution in [3.63, 3.8) is 0 Å². The first kappa shape index (κ1) is 13.5. The molecule has 3 nitrogen and oxygen atoms in total. The van der Waals surface area contributed by atoms with Gasteiger partial charge in [-0.15, -0.1) is 0 Å². The molecule has 1 aliphatic heterocycles. The normalized spacial score (nSPS) is 23.7. The fraction of sp³-hybridized carbons (Fsp3) is 0.600. The van der Waals surface area contributed by atoms with Crippen LogP contribution in [0.5, 0.6) is 0 Å². The van der Waals surface area contributed by atoms with Crippen molar-refractivity contribution in [1.82, 2.24) is 0 Å². The van der Waals surface area contributed by atoms with Gasteiger partial charge in [-0.2, -0.15) is 0 Å². The summed E-state index contributed by atoms with van der Waals surface area (Å²) in [7, 11) is 0. The second-order valence-corrected chi connectivity index (χ2v) is 4.43. The minimum absolute atomic E-state index is 0.0919. The molecule has 2 atom stereocenters. The number of benzene rings is 1. The molecule has 2 rings (SSSR count). The van der Waals surface area contributed by atoms with Gasteiger partial charge in [-0.1, -0.05) is 30.3 Å². The zero-order chi connectivity index (χ0) is 12.8. The van der Waals surface area contributed by atoms with Gasteiger partial charge in [0, 0.05) is 25.7 Å². The largest absolute Gasteiger partial charge is 0.373 e. The van der Waals surface area contributed by atoms with Crippen molar-refractivity contribution in [2.45, 2.75) is 32.7 Å². The first-order valence-corrected chi connectivity index (χ1v) is 6.76. The summed E-state index contributed by atoms with van der Waals surface area (Å²) in [6.45, 7) is 6.12. The monoisotopic (exact) mass is 250 g/mol. The molecule has 0 N–H and O–H groups in total. The van der Waals surface area contributed by atoms with E-state index in [1.807, 2.05) is 32.0 Å². The Bertz CT molecular complexity index is 333. The third-order valence-corrected chi connectivity index (χ3v) is 3.28. The highest BCUT2D eigenvalue weighted by atomic mass is 16.7. The smallest absolute Gasteiger partial charge is 0.163 e. The first-order chi connectivity index (χ1) is 8.86. The van der Waals surface area contributed by atoms with Crippen molar-refractivity contribution >= 4 is 0 Å². The van der Waals surface area contributed by atoms with Gasteiger partial charge in [0.1, 0.15) is 0 Å². The Hall–Kier alpha value is -0.900. The highest BCUT2D eigenvalue weighted by Gasteiger charge is 2.36. The van der Waals surface area contributed by atoms with Crippen molar-refractivity contribution in [3.8, 4) is 0 Å². The fourth-order valence-electron chi connectivity index (χ4n) is 2.49. The van der Waals surface area contributed by atoms with E-state index in [9.17, 15) is 0 Å². The van der Waals surface area contributed by atoms with E-state index in [2.05, 4.69) is 12.1 Å². The Balaban J connectivity index is 2.10. The van der Waals surface area contributed by atoms with Gasteiger partial charge in [0.15, 0.2) is 6.29 Å². The van der Waals surface area contributed by atoms with Gasteiger partial charge in [-0.3, -0.25) is 0 Å². The van der Waals surface area contributed by atoms with E-state index in [0.717, 1.165) is 13.0 Å². The summed E-state index contributed by atoms with van der Waals surface area (Å²) in [6, 6.07) is 10.3. The van der Waals surface area contributed by atoms with E-state index in [4.69, 9.17) is 14.2 Å². The third-order valence-electron chi connectivity index (χ3n) is 3.28. The van der Waals surface area contributed by atoms with Crippen LogP contribution >= 0.6 is 0 Å². The number of ether oxygens (including phenoxy) is 3. The molecule has 18 heavy (non-hydrogen) atoms. The second-order valence-electron chi connectivity index (χ2n) is 4.43. The van der Waals surface area contributed by atoms with E-state index < -0.39 is 0 Å². The fourth-order valence-corrected chi connectivity index (χ4v) is 2.49. The maximum atomic E-state index is 5.87. The highest BCUT2D eigenvalue weighted by Crippen LogP contribution is 2.37. The molecule has 0 aliphatic carbocycles. The molecular weight excluding hydrogens is 228 g/mol. The van der Waals surface area contributed by atoms with Gasteiger partial charge in [0.05, 0.1) is 6.10 Å². The van der Waals surface area contributed by atoms with Crippen LogP contribution < -0.4 is 0 Å². The second kappa shape index (κ2) is 6.88. The van der Waals surface area contributed by atoms with Crippen LogP contribution in [0, 0.1) is 5.92 Å². The molecule has 0 radical (unpaired) electrons. The molecule has 1 heterocycles. The van der Waals surface area contributed by atoms with Crippen LogP contribution in [0.1, 0.15) is 31.9 Å². The quantitative estimate of drug-likeness (QED) is 0.726. The summed E-state index contributed by atoms with van der Waals surface area (Å²) in [5.41, 5.74) is 1.21. The predicted octanol–water partition coefficient (Wildman–Crippen LogP) is 3.16. The Morgan fingerprint density at radius 1 is 1.17 bits per heavy atom. The minimum atomic E-state index is -0.160. The van der Waals surface area contributed by atoms with Crippen LogP contribution in [0.25, 0.3) is 0 Å². The lowest BCUT2D eigenvalue weighted by molar-refractivity contribution is -0.176. The summed E-state index contributed by atoms with van der Waals surface area (Å²) >= 11 is 0. The number of hydrogen-bond donors (Lipinski definition) is 0. The van der Waals surface area contributed by atoms with Gasteiger partial charge in [0.25, 0.3) is 0 Å². The van der Waals surface area contributed by atoms with Gasteiger partial charge in [-0.05, 0) is 25.8 Å². The van der Waals surface area contributed by atoms with Gasteiger partial charge < -0.3 is 14.2 Å². The Morgan fingerprint density at radius 3 is 2.44 bits per heavy atom. The molecular formula is C15H22O3. The highest BCUT2D eigenvalue weighted by molar-refractivity contribution is 5.19. The van der Waals surface area contributed by atoms with E-state index in [-0.39, 0.29) is 18.3 Å². The van der Waals surface area contributed by atoms with Crippen LogP contribution in [0.4, 0.5) is 0 Å². The van der Waals surface area contributed by atoms with Crippen LogP contribution in [0.3, 0.4) is 0 Å². The minimum Gasteiger partial charge on any atom is -0.373 e. The van der Waals surface area contributed by atoms with Crippen LogP contribution in [0.2, 0.25) is 0 Å². The van der Waals surface area contributed by atoms with E-state index in [0.29, 0.717) is 13.2 Å². The van der Waals surface area contributed by atoms with E-state index in [1.54, 1.807) is 0 Å². The van der Waals surface area contributed by atoms with Gasteiger partial charge in [-0.25, -0.2) is 0 Å². The Labute approximate surface area is 109 Å². The summed E-state index contributed by atoms with van der Waals surface area (Å²) in [5.74, 6) is 0.285. The summed E-state index contributed by atoms with van der Waals surface area (Å²) < 4.78 is 17.3. The molecule has 100 valence electrons. The summed E-state index contributed by atoms with van der Waals surface area (Å²) in [6.07, 6.45) is 0.923. The molecule has 0 saturated carbocycles. The molecule has 0 amide bonds. The van der Waals surface area contributed by atoms with E-state index >= 15 is 0 Å². The lowest BCUT2D eigenvalue weighted by Crippen LogP contribution is -2.29. The molecule has 0 spiro atoms. The van der Waals surface area contributed by atoms with Gasteiger partial charge in [0.2, 0.25) is 0 Å². The van der Waals surface area contributed by atoms with Crippen LogP contribution in [0.15, 0.2) is 30.3 Å². The molecule has 3 heteroatoms. The first-order valence-electron chi connectivity index (χ1n) is 6.76. The van der Waals surface area contributed by atoms with Crippen molar-refractivity contribution in [1.29, 1.82) is 0 Å². The zero-order valence-corrected chi connectivity index (χ0v) is 11.2. The molecule has 1 saturated heterocycles. The molecule has 0 unspecified atom stereocenters. The van der Waals surface area contributed by atoms with Crippen molar-refractivity contribution in [2.24, 2.45) is 5.92 Å². The van der Waals surface area contributed by atoms with Crippen molar-refractivity contribution in [3.05, 3.63) is 35.9 Å². The lowest BCUT2D eigenvalue weighted by atomic mass is 9.94. The average molecular weight is 250 g/mol. The maximum absolute atomic E-state index is 5.87. The average Bonchev–Trinajstić information content (AvgIpc) is 2.88. The molecule has 1 aliphatic rings. The molecule has 1 aromatic rings. The van der Waals surface area contributed by atoms with Crippen LogP contribution in [-0.2, 0) is 14.2 Å². The molecule has 0 aromatic heterocycles. The Morgan fingerprint density at radius 2 is 1.83 bits per heavy atom. The summed E-state index contributed by atoms with van der Waals surface area (Å²) in [5, 5.41) is 0. The lowest BCUT2D eigenvalue weighted by Gasteiger charge is -2.27. The SMILES string of the molecule is CCOC(OCC)[C@H]1CCO[C@@H]1c1ccccc1. The number of hydrogen-bond acceptors (Lipinski definition) is 3. The Kier molecular flexibility index (Phi) is 5.17. The van der Waals surface area contributed by atoms with Gasteiger partial charge >= 0.3 is 0 Å². The number of rotatable bonds is 6. The van der Waals surface area contributed by atoms with E-state index in [1.165, 1.54) is 5.56 Å². The third kappa shape index (κ3) is 3.10.